The number of benzene rings is 1. The van der Waals surface area contributed by atoms with Gasteiger partial charge in [-0.05, 0) is 74.6 Å². The van der Waals surface area contributed by atoms with Crippen LogP contribution in [0.5, 0.6) is 5.75 Å². The van der Waals surface area contributed by atoms with Crippen LogP contribution in [-0.2, 0) is 0 Å². The molecule has 1 aliphatic heterocycles. The number of thiocarbonyl (C=S) groups is 1. The van der Waals surface area contributed by atoms with Crippen LogP contribution in [0.2, 0.25) is 0 Å². The fourth-order valence-corrected chi connectivity index (χ4v) is 4.30. The van der Waals surface area contributed by atoms with Crippen LogP contribution >= 0.6 is 12.2 Å². The Kier molecular flexibility index (Phi) is 5.05. The number of aromatic nitrogens is 2. The lowest BCUT2D eigenvalue weighted by Crippen LogP contribution is -2.36. The number of pyridine rings is 1. The van der Waals surface area contributed by atoms with Crippen LogP contribution in [-0.4, -0.2) is 32.7 Å². The second-order valence-electron chi connectivity index (χ2n) is 7.13. The maximum atomic E-state index is 5.70. The highest BCUT2D eigenvalue weighted by molar-refractivity contribution is 7.80. The molecule has 3 heterocycles. The van der Waals surface area contributed by atoms with Gasteiger partial charge in [0.2, 0.25) is 0 Å². The van der Waals surface area contributed by atoms with Gasteiger partial charge in [-0.3, -0.25) is 4.98 Å². The lowest BCUT2D eigenvalue weighted by molar-refractivity contribution is 0.262. The molecule has 4 rings (SSSR count). The summed E-state index contributed by atoms with van der Waals surface area (Å²) in [6.45, 7) is 4.34. The molecular formula is C22H24N4OS. The first-order valence-electron chi connectivity index (χ1n) is 9.41. The topological polar surface area (TPSA) is 42.3 Å². The third-order valence-electron chi connectivity index (χ3n) is 5.13. The van der Waals surface area contributed by atoms with Crippen molar-refractivity contribution in [2.45, 2.75) is 32.0 Å². The molecule has 2 unspecified atom stereocenters. The Labute approximate surface area is 171 Å². The van der Waals surface area contributed by atoms with Crippen molar-refractivity contribution >= 4 is 17.3 Å². The molecule has 0 saturated carbocycles. The molecule has 1 N–H and O–H groups in total. The Morgan fingerprint density at radius 3 is 2.50 bits per heavy atom. The molecular weight excluding hydrogens is 368 g/mol. The molecule has 1 fully saturated rings. The molecule has 0 amide bonds. The third-order valence-corrected chi connectivity index (χ3v) is 5.45. The Balaban J connectivity index is 1.80. The van der Waals surface area contributed by atoms with Gasteiger partial charge in [0.25, 0.3) is 0 Å². The number of hydrogen-bond donors (Lipinski definition) is 1. The second-order valence-corrected chi connectivity index (χ2v) is 7.52. The van der Waals surface area contributed by atoms with Crippen LogP contribution in [0, 0.1) is 0 Å². The minimum absolute atomic E-state index is 0.0111. The van der Waals surface area contributed by atoms with Crippen molar-refractivity contribution in [3.63, 3.8) is 0 Å². The fourth-order valence-electron chi connectivity index (χ4n) is 3.85. The van der Waals surface area contributed by atoms with Gasteiger partial charge in [-0.25, -0.2) is 0 Å². The minimum Gasteiger partial charge on any atom is -0.497 e. The molecule has 0 aliphatic carbocycles. The van der Waals surface area contributed by atoms with Crippen molar-refractivity contribution in [1.82, 2.24) is 19.8 Å². The number of methoxy groups -OCH3 is 1. The first kappa shape index (κ1) is 18.5. The second kappa shape index (κ2) is 7.64. The Hall–Kier alpha value is -2.86. The van der Waals surface area contributed by atoms with Crippen LogP contribution in [0.25, 0.3) is 5.69 Å². The van der Waals surface area contributed by atoms with E-state index in [4.69, 9.17) is 17.0 Å². The van der Waals surface area contributed by atoms with Crippen molar-refractivity contribution in [3.8, 4) is 11.4 Å². The first-order chi connectivity index (χ1) is 13.6. The van der Waals surface area contributed by atoms with E-state index in [0.29, 0.717) is 0 Å². The van der Waals surface area contributed by atoms with Gasteiger partial charge in [-0.15, -0.1) is 0 Å². The molecule has 1 aliphatic rings. The van der Waals surface area contributed by atoms with Gasteiger partial charge in [-0.1, -0.05) is 6.07 Å². The predicted molar refractivity (Wildman–Crippen MR) is 115 cm³/mol. The maximum Gasteiger partial charge on any atom is 0.170 e. The SMILES string of the molecule is COc1ccc(-n2cccc2C2C(c3ccccn3)NC(=S)N2C(C)C)cc1. The number of nitrogens with one attached hydrogen (secondary N) is 1. The summed E-state index contributed by atoms with van der Waals surface area (Å²) in [4.78, 5) is 6.87. The van der Waals surface area contributed by atoms with Crippen molar-refractivity contribution in [3.05, 3.63) is 78.4 Å². The van der Waals surface area contributed by atoms with Crippen molar-refractivity contribution < 1.29 is 4.74 Å². The summed E-state index contributed by atoms with van der Waals surface area (Å²) in [6.07, 6.45) is 3.92. The summed E-state index contributed by atoms with van der Waals surface area (Å²) < 4.78 is 7.51. The molecule has 0 bridgehead atoms. The normalized spacial score (nSPS) is 19.1. The van der Waals surface area contributed by atoms with Crippen molar-refractivity contribution in [2.75, 3.05) is 7.11 Å². The first-order valence-corrected chi connectivity index (χ1v) is 9.82. The van der Waals surface area contributed by atoms with E-state index in [1.165, 1.54) is 5.69 Å². The number of nitrogens with zero attached hydrogens (tertiary/aromatic N) is 3. The summed E-state index contributed by atoms with van der Waals surface area (Å²) in [5, 5.41) is 4.26. The molecule has 144 valence electrons. The summed E-state index contributed by atoms with van der Waals surface area (Å²) in [5.41, 5.74) is 3.24. The average Bonchev–Trinajstić information content (AvgIpc) is 3.32. The van der Waals surface area contributed by atoms with Crippen molar-refractivity contribution in [2.24, 2.45) is 0 Å². The molecule has 6 heteroatoms. The van der Waals surface area contributed by atoms with Gasteiger partial charge < -0.3 is 19.5 Å². The molecule has 2 aromatic heterocycles. The highest BCUT2D eigenvalue weighted by atomic mass is 32.1. The van der Waals surface area contributed by atoms with E-state index >= 15 is 0 Å². The zero-order valence-corrected chi connectivity index (χ0v) is 17.1. The van der Waals surface area contributed by atoms with Gasteiger partial charge in [0.15, 0.2) is 5.11 Å². The number of rotatable bonds is 5. The largest absolute Gasteiger partial charge is 0.497 e. The average molecular weight is 393 g/mol. The van der Waals surface area contributed by atoms with Crippen LogP contribution in [0.4, 0.5) is 0 Å². The fraction of sp³-hybridized carbons (Fsp3) is 0.273. The van der Waals surface area contributed by atoms with E-state index < -0.39 is 0 Å². The van der Waals surface area contributed by atoms with E-state index in [0.717, 1.165) is 22.2 Å². The molecule has 1 aromatic carbocycles. The molecule has 3 aromatic rings. The summed E-state index contributed by atoms with van der Waals surface area (Å²) in [5.74, 6) is 0.844. The number of ether oxygens (including phenoxy) is 1. The van der Waals surface area contributed by atoms with Gasteiger partial charge in [-0.2, -0.15) is 0 Å². The monoisotopic (exact) mass is 392 g/mol. The quantitative estimate of drug-likeness (QED) is 0.657. The Bertz CT molecular complexity index is 952. The van der Waals surface area contributed by atoms with Crippen LogP contribution < -0.4 is 10.1 Å². The molecule has 2 atom stereocenters. The molecule has 0 spiro atoms. The van der Waals surface area contributed by atoms with E-state index in [2.05, 4.69) is 70.1 Å². The van der Waals surface area contributed by atoms with E-state index in [1.807, 2.05) is 30.5 Å². The summed E-state index contributed by atoms with van der Waals surface area (Å²) >= 11 is 5.70. The molecule has 1 saturated heterocycles. The van der Waals surface area contributed by atoms with Crippen LogP contribution in [0.1, 0.15) is 37.3 Å². The van der Waals surface area contributed by atoms with E-state index in [-0.39, 0.29) is 18.1 Å². The Morgan fingerprint density at radius 1 is 1.07 bits per heavy atom. The highest BCUT2D eigenvalue weighted by Gasteiger charge is 2.42. The van der Waals surface area contributed by atoms with Gasteiger partial charge >= 0.3 is 0 Å². The predicted octanol–water partition coefficient (Wildman–Crippen LogP) is 4.26. The van der Waals surface area contributed by atoms with Crippen molar-refractivity contribution in [1.29, 1.82) is 0 Å². The third kappa shape index (κ3) is 3.24. The van der Waals surface area contributed by atoms with E-state index in [1.54, 1.807) is 7.11 Å². The molecule has 0 radical (unpaired) electrons. The summed E-state index contributed by atoms with van der Waals surface area (Å²) in [6, 6.07) is 18.6. The summed E-state index contributed by atoms with van der Waals surface area (Å²) in [7, 11) is 1.68. The Morgan fingerprint density at radius 2 is 1.86 bits per heavy atom. The van der Waals surface area contributed by atoms with Gasteiger partial charge in [0, 0.05) is 29.8 Å². The van der Waals surface area contributed by atoms with Gasteiger partial charge in [0.05, 0.1) is 24.9 Å². The molecule has 5 nitrogen and oxygen atoms in total. The lowest BCUT2D eigenvalue weighted by Gasteiger charge is -2.31. The van der Waals surface area contributed by atoms with Gasteiger partial charge in [0.1, 0.15) is 5.75 Å². The molecule has 28 heavy (non-hydrogen) atoms. The number of hydrogen-bond acceptors (Lipinski definition) is 3. The standard InChI is InChI=1S/C22H24N4OS/c1-15(2)26-21(20(24-22(26)28)18-7-4-5-13-23-18)19-8-6-14-25(19)16-9-11-17(27-3)12-10-16/h4-15,20-21H,1-3H3,(H,24,28). The smallest absolute Gasteiger partial charge is 0.170 e. The zero-order valence-electron chi connectivity index (χ0n) is 16.2. The lowest BCUT2D eigenvalue weighted by atomic mass is 10.0. The highest BCUT2D eigenvalue weighted by Crippen LogP contribution is 2.40. The van der Waals surface area contributed by atoms with E-state index in [9.17, 15) is 0 Å². The minimum atomic E-state index is -0.0111. The van der Waals surface area contributed by atoms with Crippen LogP contribution in [0.3, 0.4) is 0 Å². The zero-order chi connectivity index (χ0) is 19.7. The van der Waals surface area contributed by atoms with Crippen LogP contribution in [0.15, 0.2) is 67.0 Å². The maximum absolute atomic E-state index is 5.70.